The van der Waals surface area contributed by atoms with Crippen molar-refractivity contribution in [3.05, 3.63) is 11.6 Å². The second kappa shape index (κ2) is 4.97. The topological polar surface area (TPSA) is 53.6 Å². The largest absolute Gasteiger partial charge is 0.307 e. The molecule has 2 N–H and O–H groups in total. The zero-order valence-corrected chi connectivity index (χ0v) is 8.59. The van der Waals surface area contributed by atoms with Gasteiger partial charge >= 0.3 is 0 Å². The highest BCUT2D eigenvalue weighted by molar-refractivity contribution is 4.87. The summed E-state index contributed by atoms with van der Waals surface area (Å²) in [5.41, 5.74) is 0. The molecule has 1 aromatic heterocycles. The molecule has 0 bridgehead atoms. The number of nitrogens with one attached hydrogen (secondary N) is 2. The second-order valence-corrected chi connectivity index (χ2v) is 3.41. The van der Waals surface area contributed by atoms with E-state index in [-0.39, 0.29) is 0 Å². The number of aromatic amines is 1. The summed E-state index contributed by atoms with van der Waals surface area (Å²) >= 11 is 0. The number of hydrogen-bond acceptors (Lipinski definition) is 3. The maximum atomic E-state index is 4.21. The van der Waals surface area contributed by atoms with E-state index in [0.29, 0.717) is 6.04 Å². The van der Waals surface area contributed by atoms with Gasteiger partial charge in [0.15, 0.2) is 5.82 Å². The van der Waals surface area contributed by atoms with Gasteiger partial charge in [-0.25, -0.2) is 4.98 Å². The minimum absolute atomic E-state index is 0.545. The molecule has 1 unspecified atom stereocenters. The fourth-order valence-electron chi connectivity index (χ4n) is 1.27. The first-order chi connectivity index (χ1) is 6.22. The maximum Gasteiger partial charge on any atom is 0.164 e. The van der Waals surface area contributed by atoms with Gasteiger partial charge in [-0.15, -0.1) is 0 Å². The number of rotatable bonds is 5. The van der Waals surface area contributed by atoms with E-state index in [1.54, 1.807) is 0 Å². The second-order valence-electron chi connectivity index (χ2n) is 3.41. The molecule has 4 nitrogen and oxygen atoms in total. The summed E-state index contributed by atoms with van der Waals surface area (Å²) in [4.78, 5) is 4.21. The summed E-state index contributed by atoms with van der Waals surface area (Å²) in [7, 11) is 0. The third-order valence-corrected chi connectivity index (χ3v) is 1.97. The first-order valence-electron chi connectivity index (χ1n) is 4.83. The lowest BCUT2D eigenvalue weighted by Gasteiger charge is -2.10. The summed E-state index contributed by atoms with van der Waals surface area (Å²) < 4.78 is 0. The third kappa shape index (κ3) is 3.55. The van der Waals surface area contributed by atoms with Crippen molar-refractivity contribution in [2.24, 2.45) is 0 Å². The van der Waals surface area contributed by atoms with E-state index >= 15 is 0 Å². The van der Waals surface area contributed by atoms with Crippen molar-refractivity contribution in [2.75, 3.05) is 0 Å². The monoisotopic (exact) mass is 182 g/mol. The smallest absolute Gasteiger partial charge is 0.164 e. The third-order valence-electron chi connectivity index (χ3n) is 1.97. The molecule has 4 heteroatoms. The molecule has 0 saturated carbocycles. The normalized spacial score (nSPS) is 13.2. The molecule has 74 valence electrons. The standard InChI is InChI=1S/C9H18N4/c1-4-5-7(2)10-6-9-11-8(3)12-13-9/h7,10H,4-6H2,1-3H3,(H,11,12,13). The molecule has 1 aromatic rings. The fraction of sp³-hybridized carbons (Fsp3) is 0.778. The van der Waals surface area contributed by atoms with Gasteiger partial charge in [0.25, 0.3) is 0 Å². The highest BCUT2D eigenvalue weighted by Gasteiger charge is 2.02. The van der Waals surface area contributed by atoms with Gasteiger partial charge in [0, 0.05) is 6.04 Å². The average molecular weight is 182 g/mol. The van der Waals surface area contributed by atoms with Crippen LogP contribution in [0.25, 0.3) is 0 Å². The lowest BCUT2D eigenvalue weighted by Crippen LogP contribution is -2.25. The molecule has 0 radical (unpaired) electrons. The van der Waals surface area contributed by atoms with Crippen molar-refractivity contribution >= 4 is 0 Å². The number of H-pyrrole nitrogens is 1. The number of aromatic nitrogens is 3. The van der Waals surface area contributed by atoms with Crippen LogP contribution in [0.5, 0.6) is 0 Å². The van der Waals surface area contributed by atoms with Gasteiger partial charge in [0.2, 0.25) is 0 Å². The number of nitrogens with zero attached hydrogens (tertiary/aromatic N) is 2. The van der Waals surface area contributed by atoms with Crippen molar-refractivity contribution in [2.45, 2.75) is 46.2 Å². The molecular formula is C9H18N4. The van der Waals surface area contributed by atoms with Crippen molar-refractivity contribution in [1.82, 2.24) is 20.5 Å². The molecule has 0 amide bonds. The molecule has 1 atom stereocenters. The van der Waals surface area contributed by atoms with E-state index in [2.05, 4.69) is 34.3 Å². The summed E-state index contributed by atoms with van der Waals surface area (Å²) in [5, 5.41) is 10.2. The van der Waals surface area contributed by atoms with Gasteiger partial charge in [-0.3, -0.25) is 5.10 Å². The maximum absolute atomic E-state index is 4.21. The Labute approximate surface area is 79.2 Å². The van der Waals surface area contributed by atoms with E-state index in [0.717, 1.165) is 18.2 Å². The van der Waals surface area contributed by atoms with Crippen LogP contribution in [0.3, 0.4) is 0 Å². The molecule has 0 saturated heterocycles. The van der Waals surface area contributed by atoms with Crippen molar-refractivity contribution < 1.29 is 0 Å². The molecule has 0 aromatic carbocycles. The van der Waals surface area contributed by atoms with Gasteiger partial charge in [-0.2, -0.15) is 5.10 Å². The van der Waals surface area contributed by atoms with Crippen molar-refractivity contribution in [1.29, 1.82) is 0 Å². The lowest BCUT2D eigenvalue weighted by atomic mass is 10.2. The first-order valence-corrected chi connectivity index (χ1v) is 4.83. The van der Waals surface area contributed by atoms with E-state index in [9.17, 15) is 0 Å². The Hall–Kier alpha value is -0.900. The molecule has 0 aliphatic carbocycles. The van der Waals surface area contributed by atoms with Gasteiger partial charge in [-0.1, -0.05) is 13.3 Å². The summed E-state index contributed by atoms with van der Waals surface area (Å²) in [6, 6.07) is 0.545. The van der Waals surface area contributed by atoms with Crippen LogP contribution in [0, 0.1) is 6.92 Å². The SMILES string of the molecule is CCCC(C)NCc1n[nH]c(C)n1. The molecule has 0 aliphatic heterocycles. The first kappa shape index (κ1) is 10.2. The lowest BCUT2D eigenvalue weighted by molar-refractivity contribution is 0.500. The predicted octanol–water partition coefficient (Wildman–Crippen LogP) is 1.39. The highest BCUT2D eigenvalue weighted by atomic mass is 15.2. The number of aryl methyl sites for hydroxylation is 1. The highest BCUT2D eigenvalue weighted by Crippen LogP contribution is 1.96. The molecule has 13 heavy (non-hydrogen) atoms. The summed E-state index contributed by atoms with van der Waals surface area (Å²) in [6.45, 7) is 7.04. The van der Waals surface area contributed by atoms with Crippen LogP contribution in [0.4, 0.5) is 0 Å². The van der Waals surface area contributed by atoms with Gasteiger partial charge < -0.3 is 5.32 Å². The summed E-state index contributed by atoms with van der Waals surface area (Å²) in [5.74, 6) is 1.72. The minimum Gasteiger partial charge on any atom is -0.307 e. The van der Waals surface area contributed by atoms with E-state index in [4.69, 9.17) is 0 Å². The Kier molecular flexibility index (Phi) is 3.89. The quantitative estimate of drug-likeness (QED) is 0.723. The van der Waals surface area contributed by atoms with Crippen LogP contribution >= 0.6 is 0 Å². The van der Waals surface area contributed by atoms with Crippen molar-refractivity contribution in [3.63, 3.8) is 0 Å². The predicted molar refractivity (Wildman–Crippen MR) is 52.3 cm³/mol. The summed E-state index contributed by atoms with van der Waals surface area (Å²) in [6.07, 6.45) is 2.41. The van der Waals surface area contributed by atoms with Crippen LogP contribution in [0.15, 0.2) is 0 Å². The molecule has 1 rings (SSSR count). The molecular weight excluding hydrogens is 164 g/mol. The number of hydrogen-bond donors (Lipinski definition) is 2. The van der Waals surface area contributed by atoms with Gasteiger partial charge in [0.1, 0.15) is 5.82 Å². The van der Waals surface area contributed by atoms with Crippen LogP contribution in [0.2, 0.25) is 0 Å². The fourth-order valence-corrected chi connectivity index (χ4v) is 1.27. The molecule has 1 heterocycles. The van der Waals surface area contributed by atoms with Crippen LogP contribution in [-0.2, 0) is 6.54 Å². The van der Waals surface area contributed by atoms with E-state index in [1.807, 2.05) is 6.92 Å². The van der Waals surface area contributed by atoms with E-state index in [1.165, 1.54) is 12.8 Å². The van der Waals surface area contributed by atoms with Crippen LogP contribution in [0.1, 0.15) is 38.3 Å². The Bertz CT molecular complexity index is 244. The molecule has 0 aliphatic rings. The molecule has 0 fully saturated rings. The van der Waals surface area contributed by atoms with Crippen molar-refractivity contribution in [3.8, 4) is 0 Å². The average Bonchev–Trinajstić information content (AvgIpc) is 2.49. The zero-order chi connectivity index (χ0) is 9.68. The van der Waals surface area contributed by atoms with Gasteiger partial charge in [0.05, 0.1) is 6.54 Å². The van der Waals surface area contributed by atoms with E-state index < -0.39 is 0 Å². The Morgan fingerprint density at radius 1 is 1.54 bits per heavy atom. The van der Waals surface area contributed by atoms with Gasteiger partial charge in [-0.05, 0) is 20.3 Å². The zero-order valence-electron chi connectivity index (χ0n) is 8.59. The Morgan fingerprint density at radius 2 is 2.31 bits per heavy atom. The molecule has 0 spiro atoms. The van der Waals surface area contributed by atoms with Crippen LogP contribution in [-0.4, -0.2) is 21.2 Å². The Balaban J connectivity index is 2.26. The van der Waals surface area contributed by atoms with Crippen LogP contribution < -0.4 is 5.32 Å². The minimum atomic E-state index is 0.545. The Morgan fingerprint density at radius 3 is 2.85 bits per heavy atom.